The number of fused-ring (bicyclic) bond motifs is 2. The molecule has 0 amide bonds. The summed E-state index contributed by atoms with van der Waals surface area (Å²) in [7, 11) is 0. The summed E-state index contributed by atoms with van der Waals surface area (Å²) in [6.45, 7) is 11.6. The van der Waals surface area contributed by atoms with Crippen LogP contribution in [-0.4, -0.2) is 19.9 Å². The summed E-state index contributed by atoms with van der Waals surface area (Å²) in [6.07, 6.45) is 5.07. The maximum absolute atomic E-state index is 11.2. The molecule has 0 unspecified atom stereocenters. The lowest BCUT2D eigenvalue weighted by molar-refractivity contribution is -0.427. The first-order chi connectivity index (χ1) is 17.6. The van der Waals surface area contributed by atoms with E-state index in [9.17, 15) is 10.1 Å². The normalized spacial score (nSPS) is 11.3. The maximum Gasteiger partial charge on any atom is 0.247 e. The highest BCUT2D eigenvalue weighted by Gasteiger charge is 2.14. The lowest BCUT2D eigenvalue weighted by Crippen LogP contribution is -2.03. The zero-order valence-corrected chi connectivity index (χ0v) is 22.2. The molecule has 4 rings (SSSR count). The largest absolute Gasteiger partial charge is 0.443 e. The molecule has 0 atom stereocenters. The van der Waals surface area contributed by atoms with Crippen LogP contribution in [0.5, 0.6) is 0 Å². The number of allylic oxidation sites excluding steroid dienone is 3. The van der Waals surface area contributed by atoms with Gasteiger partial charge in [-0.1, -0.05) is 58.9 Å². The highest BCUT2D eigenvalue weighted by molar-refractivity contribution is 8.04. The van der Waals surface area contributed by atoms with Crippen LogP contribution in [0.2, 0.25) is 0 Å². The molecule has 0 aliphatic heterocycles. The summed E-state index contributed by atoms with van der Waals surface area (Å²) in [6, 6.07) is 13.1. The number of nitrogens with zero attached hydrogens (tertiary/aromatic N) is 4. The van der Waals surface area contributed by atoms with Gasteiger partial charge in [-0.05, 0) is 43.1 Å². The molecule has 10 heteroatoms. The van der Waals surface area contributed by atoms with E-state index in [1.54, 1.807) is 19.1 Å². The Morgan fingerprint density at radius 2 is 1.72 bits per heavy atom. The van der Waals surface area contributed by atoms with E-state index in [1.165, 1.54) is 18.3 Å². The van der Waals surface area contributed by atoms with Crippen LogP contribution in [0, 0.1) is 10.1 Å². The SMILES string of the molecule is C/C=C(\C=C(/CC)[N+](=O)[O-])SNc1nc2ccccc2nc1Nc1cccc2ocnc12.CC.CC. The highest BCUT2D eigenvalue weighted by atomic mass is 32.2. The summed E-state index contributed by atoms with van der Waals surface area (Å²) in [5.74, 6) is 0.984. The van der Waals surface area contributed by atoms with Gasteiger partial charge in [0.15, 0.2) is 23.6 Å². The molecule has 190 valence electrons. The van der Waals surface area contributed by atoms with Gasteiger partial charge < -0.3 is 14.5 Å². The van der Waals surface area contributed by atoms with Crippen molar-refractivity contribution in [3.63, 3.8) is 0 Å². The maximum atomic E-state index is 11.2. The number of aromatic nitrogens is 3. The zero-order chi connectivity index (χ0) is 26.5. The van der Waals surface area contributed by atoms with Gasteiger partial charge in [-0.25, -0.2) is 15.0 Å². The van der Waals surface area contributed by atoms with Gasteiger partial charge in [0.1, 0.15) is 5.52 Å². The molecule has 2 aromatic heterocycles. The van der Waals surface area contributed by atoms with E-state index in [0.717, 1.165) is 16.7 Å². The minimum absolute atomic E-state index is 0.132. The number of oxazole rings is 1. The molecule has 0 radical (unpaired) electrons. The van der Waals surface area contributed by atoms with Crippen LogP contribution in [0.25, 0.3) is 22.1 Å². The number of nitro groups is 1. The van der Waals surface area contributed by atoms with Gasteiger partial charge in [0.2, 0.25) is 5.70 Å². The molecule has 0 bridgehead atoms. The van der Waals surface area contributed by atoms with Crippen LogP contribution < -0.4 is 10.0 Å². The van der Waals surface area contributed by atoms with Crippen molar-refractivity contribution in [2.75, 3.05) is 10.0 Å². The van der Waals surface area contributed by atoms with Gasteiger partial charge in [-0.2, -0.15) is 0 Å². The van der Waals surface area contributed by atoms with Crippen LogP contribution in [0.3, 0.4) is 0 Å². The van der Waals surface area contributed by atoms with Crippen LogP contribution >= 0.6 is 11.9 Å². The van der Waals surface area contributed by atoms with Crippen molar-refractivity contribution in [1.29, 1.82) is 0 Å². The number of hydrogen-bond donors (Lipinski definition) is 2. The van der Waals surface area contributed by atoms with Crippen molar-refractivity contribution >= 4 is 51.4 Å². The first kappa shape index (κ1) is 28.3. The van der Waals surface area contributed by atoms with Gasteiger partial charge in [0.05, 0.1) is 21.6 Å². The molecule has 36 heavy (non-hydrogen) atoms. The molecular weight excluding hydrogens is 476 g/mol. The van der Waals surface area contributed by atoms with Crippen LogP contribution in [-0.2, 0) is 0 Å². The molecule has 0 saturated carbocycles. The molecule has 2 aromatic carbocycles. The van der Waals surface area contributed by atoms with E-state index >= 15 is 0 Å². The summed E-state index contributed by atoms with van der Waals surface area (Å²) in [4.78, 5) is 25.2. The molecule has 0 aliphatic carbocycles. The fourth-order valence-corrected chi connectivity index (χ4v) is 3.67. The third kappa shape index (κ3) is 7.05. The number of hydrogen-bond acceptors (Lipinski definition) is 9. The predicted octanol–water partition coefficient (Wildman–Crippen LogP) is 8.10. The van der Waals surface area contributed by atoms with Crippen LogP contribution in [0.15, 0.2) is 76.0 Å². The topological polar surface area (TPSA) is 119 Å². The Balaban J connectivity index is 0.00000109. The third-order valence-electron chi connectivity index (χ3n) is 4.64. The van der Waals surface area contributed by atoms with Gasteiger partial charge in [-0.3, -0.25) is 10.1 Å². The summed E-state index contributed by atoms with van der Waals surface area (Å²) in [5, 5.41) is 14.5. The first-order valence-corrected chi connectivity index (χ1v) is 12.7. The van der Waals surface area contributed by atoms with Gasteiger partial charge in [-0.15, -0.1) is 0 Å². The molecule has 9 nitrogen and oxygen atoms in total. The Labute approximate surface area is 215 Å². The Hall–Kier alpha value is -3.92. The molecule has 4 aromatic rings. The lowest BCUT2D eigenvalue weighted by Gasteiger charge is -2.13. The van der Waals surface area contributed by atoms with Crippen molar-refractivity contribution in [1.82, 2.24) is 15.0 Å². The molecular formula is C26H32N6O3S. The highest BCUT2D eigenvalue weighted by Crippen LogP contribution is 2.31. The zero-order valence-electron chi connectivity index (χ0n) is 21.4. The van der Waals surface area contributed by atoms with E-state index < -0.39 is 0 Å². The van der Waals surface area contributed by atoms with Gasteiger partial charge >= 0.3 is 0 Å². The molecule has 0 saturated heterocycles. The van der Waals surface area contributed by atoms with E-state index in [4.69, 9.17) is 14.4 Å². The van der Waals surface area contributed by atoms with Crippen molar-refractivity contribution in [3.05, 3.63) is 81.7 Å². The molecule has 2 N–H and O–H groups in total. The number of rotatable bonds is 8. The van der Waals surface area contributed by atoms with Crippen LogP contribution in [0.4, 0.5) is 17.3 Å². The Kier molecular flexibility index (Phi) is 11.4. The van der Waals surface area contributed by atoms with Crippen molar-refractivity contribution in [2.24, 2.45) is 0 Å². The predicted molar refractivity (Wildman–Crippen MR) is 150 cm³/mol. The fourth-order valence-electron chi connectivity index (χ4n) is 3.00. The molecule has 0 aliphatic rings. The number of para-hydroxylation sites is 3. The molecule has 0 fully saturated rings. The van der Waals surface area contributed by atoms with Gasteiger partial charge in [0.25, 0.3) is 0 Å². The van der Waals surface area contributed by atoms with Crippen molar-refractivity contribution < 1.29 is 9.34 Å². The third-order valence-corrected chi connectivity index (χ3v) is 5.52. The first-order valence-electron chi connectivity index (χ1n) is 11.9. The minimum atomic E-state index is -0.370. The number of nitrogens with one attached hydrogen (secondary N) is 2. The molecule has 0 spiro atoms. The standard InChI is InChI=1S/C22H20N6O3S.2C2H6/c1-3-14(28(29)30)12-15(4-2)32-27-22-21(24-16-8-5-6-9-17(16)25-22)26-18-10-7-11-19-20(18)23-13-31-19;2*1-2/h4-13H,3H2,1-2H3,(H,24,26)(H,25,27);2*1-2H3/b14-12+,15-4+;;. The quantitative estimate of drug-likeness (QED) is 0.105. The fraction of sp³-hybridized carbons (Fsp3) is 0.269. The monoisotopic (exact) mass is 508 g/mol. The van der Waals surface area contributed by atoms with Crippen molar-refractivity contribution in [2.45, 2.75) is 48.0 Å². The Bertz CT molecular complexity index is 1350. The molecule has 2 heterocycles. The van der Waals surface area contributed by atoms with E-state index in [-0.39, 0.29) is 10.6 Å². The average molecular weight is 509 g/mol. The van der Waals surface area contributed by atoms with Gasteiger partial charge in [0, 0.05) is 17.4 Å². The summed E-state index contributed by atoms with van der Waals surface area (Å²) < 4.78 is 8.57. The second-order valence-corrected chi connectivity index (χ2v) is 7.56. The number of benzene rings is 2. The van der Waals surface area contributed by atoms with E-state index in [0.29, 0.717) is 34.1 Å². The summed E-state index contributed by atoms with van der Waals surface area (Å²) in [5.41, 5.74) is 3.64. The van der Waals surface area contributed by atoms with Crippen molar-refractivity contribution in [3.8, 4) is 0 Å². The Morgan fingerprint density at radius 3 is 2.33 bits per heavy atom. The minimum Gasteiger partial charge on any atom is -0.443 e. The number of anilines is 3. The second kappa shape index (κ2) is 14.5. The Morgan fingerprint density at radius 1 is 1.06 bits per heavy atom. The van der Waals surface area contributed by atoms with E-state index in [1.807, 2.05) is 77.1 Å². The second-order valence-electron chi connectivity index (χ2n) is 6.68. The van der Waals surface area contributed by atoms with E-state index in [2.05, 4.69) is 15.0 Å². The summed E-state index contributed by atoms with van der Waals surface area (Å²) >= 11 is 1.23. The lowest BCUT2D eigenvalue weighted by atomic mass is 10.2. The van der Waals surface area contributed by atoms with Crippen LogP contribution in [0.1, 0.15) is 48.0 Å². The smallest absolute Gasteiger partial charge is 0.247 e. The average Bonchev–Trinajstić information content (AvgIpc) is 3.41.